The highest BCUT2D eigenvalue weighted by Gasteiger charge is 2.21. The Morgan fingerprint density at radius 1 is 1.20 bits per heavy atom. The van der Waals surface area contributed by atoms with Gasteiger partial charge in [-0.15, -0.1) is 0 Å². The zero-order valence-electron chi connectivity index (χ0n) is 12.7. The van der Waals surface area contributed by atoms with Crippen LogP contribution in [0.5, 0.6) is 0 Å². The summed E-state index contributed by atoms with van der Waals surface area (Å²) in [6.07, 6.45) is -0.638. The van der Waals surface area contributed by atoms with Gasteiger partial charge < -0.3 is 10.1 Å². The van der Waals surface area contributed by atoms with Gasteiger partial charge in [-0.2, -0.15) is 0 Å². The maximum Gasteiger partial charge on any atom is 0.249 e. The number of halogens is 2. The average molecular weight is 287 g/mol. The molecule has 0 heterocycles. The van der Waals surface area contributed by atoms with Crippen LogP contribution in [0.2, 0.25) is 0 Å². The molecule has 0 aliphatic rings. The van der Waals surface area contributed by atoms with Gasteiger partial charge in [-0.25, -0.2) is 8.78 Å². The minimum Gasteiger partial charge on any atom is -0.363 e. The predicted molar refractivity (Wildman–Crippen MR) is 75.2 cm³/mol. The van der Waals surface area contributed by atoms with E-state index in [4.69, 9.17) is 4.74 Å². The molecule has 0 radical (unpaired) electrons. The molecule has 1 aromatic carbocycles. The van der Waals surface area contributed by atoms with Gasteiger partial charge in [-0.1, -0.05) is 27.7 Å². The van der Waals surface area contributed by atoms with Gasteiger partial charge in [-0.05, 0) is 23.6 Å². The van der Waals surface area contributed by atoms with Crippen LogP contribution in [0.3, 0.4) is 0 Å². The molecule has 0 aromatic heterocycles. The molecule has 20 heavy (non-hydrogen) atoms. The minimum atomic E-state index is -0.658. The Morgan fingerprint density at radius 3 is 2.10 bits per heavy atom. The molecule has 0 bridgehead atoms. The lowest BCUT2D eigenvalue weighted by molar-refractivity contribution is -0.136. The maximum absolute atomic E-state index is 13.0. The van der Waals surface area contributed by atoms with E-state index in [-0.39, 0.29) is 18.4 Å². The Bertz CT molecular complexity index is 402. The summed E-state index contributed by atoms with van der Waals surface area (Å²) in [5.74, 6) is -1.59. The SMILES string of the molecule is CC.CNC(=O)C(OCc1cc(F)cc(F)c1)C(C)C. The molecule has 0 saturated heterocycles. The van der Waals surface area contributed by atoms with Crippen molar-refractivity contribution in [2.45, 2.75) is 40.4 Å². The molecule has 0 spiro atoms. The van der Waals surface area contributed by atoms with E-state index in [0.29, 0.717) is 5.56 Å². The van der Waals surface area contributed by atoms with Gasteiger partial charge in [0.2, 0.25) is 5.91 Å². The van der Waals surface area contributed by atoms with Crippen LogP contribution in [0.1, 0.15) is 33.3 Å². The number of amides is 1. The summed E-state index contributed by atoms with van der Waals surface area (Å²) in [4.78, 5) is 11.5. The lowest BCUT2D eigenvalue weighted by Crippen LogP contribution is -2.37. The molecule has 114 valence electrons. The molecule has 5 heteroatoms. The molecule has 1 atom stereocenters. The summed E-state index contributed by atoms with van der Waals surface area (Å²) < 4.78 is 31.3. The predicted octanol–water partition coefficient (Wildman–Crippen LogP) is 3.28. The molecule has 1 N–H and O–H groups in total. The van der Waals surface area contributed by atoms with Crippen molar-refractivity contribution in [2.24, 2.45) is 5.92 Å². The van der Waals surface area contributed by atoms with Crippen LogP contribution in [0.25, 0.3) is 0 Å². The van der Waals surface area contributed by atoms with Crippen LogP contribution in [0, 0.1) is 17.6 Å². The number of hydrogen-bond donors (Lipinski definition) is 1. The number of carbonyl (C=O) groups excluding carboxylic acids is 1. The summed E-state index contributed by atoms with van der Waals surface area (Å²) in [6, 6.07) is 3.16. The molecular formula is C15H23F2NO2. The standard InChI is InChI=1S/C13H17F2NO2.C2H6/c1-8(2)12(13(17)16-3)18-7-9-4-10(14)6-11(15)5-9;1-2/h4-6,8,12H,7H2,1-3H3,(H,16,17);1-2H3. The normalized spacial score (nSPS) is 11.6. The van der Waals surface area contributed by atoms with Gasteiger partial charge in [-0.3, -0.25) is 4.79 Å². The first kappa shape index (κ1) is 18.5. The van der Waals surface area contributed by atoms with E-state index < -0.39 is 17.7 Å². The Morgan fingerprint density at radius 2 is 1.70 bits per heavy atom. The average Bonchev–Trinajstić information content (AvgIpc) is 2.39. The van der Waals surface area contributed by atoms with Crippen molar-refractivity contribution in [3.8, 4) is 0 Å². The van der Waals surface area contributed by atoms with Gasteiger partial charge >= 0.3 is 0 Å². The third kappa shape index (κ3) is 6.10. The Hall–Kier alpha value is -1.49. The van der Waals surface area contributed by atoms with Crippen LogP contribution in [-0.2, 0) is 16.1 Å². The third-order valence-electron chi connectivity index (χ3n) is 2.46. The van der Waals surface area contributed by atoms with Crippen molar-refractivity contribution in [2.75, 3.05) is 7.05 Å². The summed E-state index contributed by atoms with van der Waals surface area (Å²) in [6.45, 7) is 7.67. The van der Waals surface area contributed by atoms with Crippen LogP contribution >= 0.6 is 0 Å². The topological polar surface area (TPSA) is 38.3 Å². The first-order chi connectivity index (χ1) is 9.43. The molecule has 0 fully saturated rings. The number of carbonyl (C=O) groups is 1. The van der Waals surface area contributed by atoms with E-state index >= 15 is 0 Å². The van der Waals surface area contributed by atoms with Gasteiger partial charge in [0.1, 0.15) is 17.7 Å². The molecule has 0 aliphatic heterocycles. The number of nitrogens with one attached hydrogen (secondary N) is 1. The highest BCUT2D eigenvalue weighted by atomic mass is 19.1. The molecule has 1 aromatic rings. The zero-order valence-corrected chi connectivity index (χ0v) is 12.7. The van der Waals surface area contributed by atoms with Crippen LogP contribution in [0.15, 0.2) is 18.2 Å². The highest BCUT2D eigenvalue weighted by molar-refractivity contribution is 5.80. The molecule has 0 aliphatic carbocycles. The Labute approximate surface area is 119 Å². The van der Waals surface area contributed by atoms with E-state index in [2.05, 4.69) is 5.32 Å². The minimum absolute atomic E-state index is 0.00898. The fraction of sp³-hybridized carbons (Fsp3) is 0.533. The number of likely N-dealkylation sites (N-methyl/N-ethyl adjacent to an activating group) is 1. The lowest BCUT2D eigenvalue weighted by atomic mass is 10.1. The molecule has 1 unspecified atom stereocenters. The fourth-order valence-corrected chi connectivity index (χ4v) is 1.59. The van der Waals surface area contributed by atoms with Crippen LogP contribution in [-0.4, -0.2) is 19.1 Å². The number of rotatable bonds is 5. The molecular weight excluding hydrogens is 264 g/mol. The fourth-order valence-electron chi connectivity index (χ4n) is 1.59. The van der Waals surface area contributed by atoms with Crippen LogP contribution in [0.4, 0.5) is 8.78 Å². The summed E-state index contributed by atoms with van der Waals surface area (Å²) in [5.41, 5.74) is 0.363. The van der Waals surface area contributed by atoms with Crippen molar-refractivity contribution in [3.05, 3.63) is 35.4 Å². The molecule has 3 nitrogen and oxygen atoms in total. The lowest BCUT2D eigenvalue weighted by Gasteiger charge is -2.19. The van der Waals surface area contributed by atoms with Gasteiger partial charge in [0.15, 0.2) is 0 Å². The van der Waals surface area contributed by atoms with Crippen molar-refractivity contribution in [3.63, 3.8) is 0 Å². The first-order valence-corrected chi connectivity index (χ1v) is 6.72. The third-order valence-corrected chi connectivity index (χ3v) is 2.46. The maximum atomic E-state index is 13.0. The second-order valence-electron chi connectivity index (χ2n) is 4.37. The molecule has 0 saturated carbocycles. The van der Waals surface area contributed by atoms with E-state index in [1.165, 1.54) is 19.2 Å². The monoisotopic (exact) mass is 287 g/mol. The van der Waals surface area contributed by atoms with Crippen molar-refractivity contribution < 1.29 is 18.3 Å². The van der Waals surface area contributed by atoms with E-state index in [9.17, 15) is 13.6 Å². The molecule has 1 rings (SSSR count). The first-order valence-electron chi connectivity index (χ1n) is 6.72. The highest BCUT2D eigenvalue weighted by Crippen LogP contribution is 2.13. The second-order valence-corrected chi connectivity index (χ2v) is 4.37. The summed E-state index contributed by atoms with van der Waals surface area (Å²) in [7, 11) is 1.52. The number of hydrogen-bond acceptors (Lipinski definition) is 2. The Balaban J connectivity index is 0.00000172. The van der Waals surface area contributed by atoms with Gasteiger partial charge in [0.05, 0.1) is 6.61 Å². The van der Waals surface area contributed by atoms with Crippen LogP contribution < -0.4 is 5.32 Å². The zero-order chi connectivity index (χ0) is 15.7. The van der Waals surface area contributed by atoms with E-state index in [1.54, 1.807) is 0 Å². The summed E-state index contributed by atoms with van der Waals surface area (Å²) >= 11 is 0. The van der Waals surface area contributed by atoms with Crippen molar-refractivity contribution in [1.29, 1.82) is 0 Å². The smallest absolute Gasteiger partial charge is 0.249 e. The van der Waals surface area contributed by atoms with Gasteiger partial charge in [0, 0.05) is 13.1 Å². The van der Waals surface area contributed by atoms with E-state index in [1.807, 2.05) is 27.7 Å². The van der Waals surface area contributed by atoms with Crippen molar-refractivity contribution in [1.82, 2.24) is 5.32 Å². The quantitative estimate of drug-likeness (QED) is 0.902. The summed E-state index contributed by atoms with van der Waals surface area (Å²) in [5, 5.41) is 2.49. The largest absolute Gasteiger partial charge is 0.363 e. The molecule has 1 amide bonds. The van der Waals surface area contributed by atoms with Gasteiger partial charge in [0.25, 0.3) is 0 Å². The number of ether oxygens (including phenoxy) is 1. The number of benzene rings is 1. The van der Waals surface area contributed by atoms with E-state index in [0.717, 1.165) is 6.07 Å². The van der Waals surface area contributed by atoms with Crippen molar-refractivity contribution >= 4 is 5.91 Å². The second kappa shape index (κ2) is 9.42. The Kier molecular flexibility index (Phi) is 8.72.